The highest BCUT2D eigenvalue weighted by molar-refractivity contribution is 5.82. The molecule has 0 aromatic rings. The molecule has 2 aliphatic heterocycles. The zero-order chi connectivity index (χ0) is 10.3. The maximum atomic E-state index is 11.8. The summed E-state index contributed by atoms with van der Waals surface area (Å²) in [5.41, 5.74) is 0. The van der Waals surface area contributed by atoms with Crippen molar-refractivity contribution in [1.82, 2.24) is 16.0 Å². The quantitative estimate of drug-likeness (QED) is 0.510. The van der Waals surface area contributed by atoms with Gasteiger partial charge in [-0.2, -0.15) is 0 Å². The summed E-state index contributed by atoms with van der Waals surface area (Å²) in [6.07, 6.45) is -0.284. The molecule has 3 rings (SSSR count). The molecule has 5 nitrogen and oxygen atoms in total. The van der Waals surface area contributed by atoms with E-state index >= 15 is 0 Å². The van der Waals surface area contributed by atoms with Gasteiger partial charge in [-0.25, -0.2) is 0 Å². The van der Waals surface area contributed by atoms with Crippen LogP contribution in [0.2, 0.25) is 0 Å². The molecule has 2 unspecified atom stereocenters. The van der Waals surface area contributed by atoms with Gasteiger partial charge in [0.15, 0.2) is 0 Å². The Kier molecular flexibility index (Phi) is 2.38. The average Bonchev–Trinajstić information content (AvgIpc) is 2.75. The third kappa shape index (κ3) is 1.75. The Morgan fingerprint density at radius 3 is 2.67 bits per heavy atom. The van der Waals surface area contributed by atoms with Crippen LogP contribution in [0.3, 0.4) is 0 Å². The van der Waals surface area contributed by atoms with Crippen molar-refractivity contribution >= 4 is 5.91 Å². The highest BCUT2D eigenvalue weighted by Gasteiger charge is 2.53. The maximum absolute atomic E-state index is 11.8. The summed E-state index contributed by atoms with van der Waals surface area (Å²) in [7, 11) is 0. The molecule has 0 radical (unpaired) electrons. The molecule has 3 aliphatic rings. The molecule has 5 heteroatoms. The number of hydrogen-bond donors (Lipinski definition) is 3. The molecule has 1 aliphatic carbocycles. The van der Waals surface area contributed by atoms with Crippen molar-refractivity contribution in [2.75, 3.05) is 32.8 Å². The molecule has 3 N–H and O–H groups in total. The molecule has 1 saturated carbocycles. The summed E-state index contributed by atoms with van der Waals surface area (Å²) in [4.78, 5) is 11.8. The van der Waals surface area contributed by atoms with Crippen molar-refractivity contribution in [3.8, 4) is 0 Å². The van der Waals surface area contributed by atoms with Gasteiger partial charge < -0.3 is 20.7 Å². The molecule has 0 aromatic carbocycles. The first-order valence-electron chi connectivity index (χ1n) is 5.69. The van der Waals surface area contributed by atoms with Gasteiger partial charge in [0.05, 0.1) is 6.61 Å². The minimum Gasteiger partial charge on any atom is -0.366 e. The van der Waals surface area contributed by atoms with Gasteiger partial charge in [-0.3, -0.25) is 4.79 Å². The SMILES string of the molecule is O=C(NC1C2CNCC21)[C@H]1CNCCO1. The number of hydrogen-bond acceptors (Lipinski definition) is 4. The Bertz CT molecular complexity index is 255. The molecular formula is C10H17N3O2. The zero-order valence-corrected chi connectivity index (χ0v) is 8.66. The average molecular weight is 211 g/mol. The Morgan fingerprint density at radius 1 is 1.20 bits per heavy atom. The van der Waals surface area contributed by atoms with E-state index in [2.05, 4.69) is 16.0 Å². The van der Waals surface area contributed by atoms with Crippen LogP contribution in [0.4, 0.5) is 0 Å². The molecule has 3 fully saturated rings. The van der Waals surface area contributed by atoms with E-state index in [-0.39, 0.29) is 12.0 Å². The zero-order valence-electron chi connectivity index (χ0n) is 8.66. The topological polar surface area (TPSA) is 62.4 Å². The van der Waals surface area contributed by atoms with E-state index in [0.29, 0.717) is 31.0 Å². The van der Waals surface area contributed by atoms with Crippen molar-refractivity contribution in [3.63, 3.8) is 0 Å². The lowest BCUT2D eigenvalue weighted by Gasteiger charge is -2.23. The number of piperidine rings is 1. The number of morpholine rings is 1. The van der Waals surface area contributed by atoms with Gasteiger partial charge in [-0.05, 0) is 11.8 Å². The van der Waals surface area contributed by atoms with Crippen LogP contribution in [0.5, 0.6) is 0 Å². The standard InChI is InChI=1S/C10H17N3O2/c14-10(8-5-11-1-2-15-8)13-9-6-3-12-4-7(6)9/h6-9,11-12H,1-5H2,(H,13,14)/t6?,7?,8-,9?/m1/s1. The van der Waals surface area contributed by atoms with E-state index in [1.54, 1.807) is 0 Å². The van der Waals surface area contributed by atoms with Crippen molar-refractivity contribution in [1.29, 1.82) is 0 Å². The number of carbonyl (C=O) groups excluding carboxylic acids is 1. The van der Waals surface area contributed by atoms with Crippen LogP contribution in [-0.4, -0.2) is 50.8 Å². The molecule has 84 valence electrons. The Morgan fingerprint density at radius 2 is 2.00 bits per heavy atom. The van der Waals surface area contributed by atoms with E-state index in [1.807, 2.05) is 0 Å². The van der Waals surface area contributed by atoms with Crippen LogP contribution in [0.15, 0.2) is 0 Å². The van der Waals surface area contributed by atoms with E-state index < -0.39 is 0 Å². The molecule has 0 spiro atoms. The first kappa shape index (κ1) is 9.57. The highest BCUT2D eigenvalue weighted by atomic mass is 16.5. The maximum Gasteiger partial charge on any atom is 0.250 e. The van der Waals surface area contributed by atoms with E-state index in [4.69, 9.17) is 4.74 Å². The van der Waals surface area contributed by atoms with Gasteiger partial charge in [-0.1, -0.05) is 0 Å². The molecule has 0 bridgehead atoms. The number of carbonyl (C=O) groups is 1. The van der Waals surface area contributed by atoms with E-state index in [0.717, 1.165) is 19.6 Å². The minimum absolute atomic E-state index is 0.0570. The largest absolute Gasteiger partial charge is 0.366 e. The van der Waals surface area contributed by atoms with Gasteiger partial charge in [0, 0.05) is 32.2 Å². The Labute approximate surface area is 88.9 Å². The van der Waals surface area contributed by atoms with Crippen LogP contribution in [-0.2, 0) is 9.53 Å². The first-order chi connectivity index (χ1) is 7.36. The van der Waals surface area contributed by atoms with Gasteiger partial charge in [0.2, 0.25) is 0 Å². The predicted octanol–water partition coefficient (Wildman–Crippen LogP) is -1.69. The second kappa shape index (κ2) is 3.73. The summed E-state index contributed by atoms with van der Waals surface area (Å²) in [5.74, 6) is 1.40. The summed E-state index contributed by atoms with van der Waals surface area (Å²) >= 11 is 0. The second-order valence-electron chi connectivity index (χ2n) is 4.58. The lowest BCUT2D eigenvalue weighted by molar-refractivity contribution is -0.134. The van der Waals surface area contributed by atoms with Crippen molar-refractivity contribution in [3.05, 3.63) is 0 Å². The lowest BCUT2D eigenvalue weighted by Crippen LogP contribution is -2.49. The van der Waals surface area contributed by atoms with Gasteiger partial charge >= 0.3 is 0 Å². The Balaban J connectivity index is 1.49. The fourth-order valence-electron chi connectivity index (χ4n) is 2.62. The van der Waals surface area contributed by atoms with E-state index in [1.165, 1.54) is 0 Å². The summed E-state index contributed by atoms with van der Waals surface area (Å²) in [5, 5.41) is 9.55. The molecule has 15 heavy (non-hydrogen) atoms. The predicted molar refractivity (Wildman–Crippen MR) is 54.4 cm³/mol. The normalized spacial score (nSPS) is 43.5. The van der Waals surface area contributed by atoms with Crippen LogP contribution in [0.25, 0.3) is 0 Å². The molecule has 3 atom stereocenters. The van der Waals surface area contributed by atoms with Gasteiger partial charge in [-0.15, -0.1) is 0 Å². The molecule has 2 heterocycles. The fourth-order valence-corrected chi connectivity index (χ4v) is 2.62. The second-order valence-corrected chi connectivity index (χ2v) is 4.58. The number of fused-ring (bicyclic) bond motifs is 1. The highest BCUT2D eigenvalue weighted by Crippen LogP contribution is 2.41. The third-order valence-electron chi connectivity index (χ3n) is 3.62. The number of ether oxygens (including phenoxy) is 1. The van der Waals surface area contributed by atoms with Crippen LogP contribution >= 0.6 is 0 Å². The van der Waals surface area contributed by atoms with Crippen LogP contribution < -0.4 is 16.0 Å². The fraction of sp³-hybridized carbons (Fsp3) is 0.900. The van der Waals surface area contributed by atoms with Gasteiger partial charge in [0.1, 0.15) is 6.10 Å². The number of amides is 1. The summed E-state index contributed by atoms with van der Waals surface area (Å²) in [6.45, 7) is 4.24. The smallest absolute Gasteiger partial charge is 0.250 e. The summed E-state index contributed by atoms with van der Waals surface area (Å²) in [6, 6.07) is 0.407. The Hall–Kier alpha value is -0.650. The van der Waals surface area contributed by atoms with Crippen molar-refractivity contribution < 1.29 is 9.53 Å². The minimum atomic E-state index is -0.284. The van der Waals surface area contributed by atoms with E-state index in [9.17, 15) is 4.79 Å². The third-order valence-corrected chi connectivity index (χ3v) is 3.62. The van der Waals surface area contributed by atoms with Crippen LogP contribution in [0, 0.1) is 11.8 Å². The van der Waals surface area contributed by atoms with Crippen LogP contribution in [0.1, 0.15) is 0 Å². The first-order valence-corrected chi connectivity index (χ1v) is 5.69. The molecule has 2 saturated heterocycles. The lowest BCUT2D eigenvalue weighted by atomic mass is 10.3. The summed E-state index contributed by atoms with van der Waals surface area (Å²) < 4.78 is 5.40. The van der Waals surface area contributed by atoms with Crippen molar-refractivity contribution in [2.24, 2.45) is 11.8 Å². The number of nitrogens with one attached hydrogen (secondary N) is 3. The monoisotopic (exact) mass is 211 g/mol. The molecule has 1 amide bonds. The molecule has 0 aromatic heterocycles. The number of rotatable bonds is 2. The van der Waals surface area contributed by atoms with Crippen molar-refractivity contribution in [2.45, 2.75) is 12.1 Å². The van der Waals surface area contributed by atoms with Gasteiger partial charge in [0.25, 0.3) is 5.91 Å². The molecular weight excluding hydrogens is 194 g/mol.